The van der Waals surface area contributed by atoms with Gasteiger partial charge in [0.1, 0.15) is 11.5 Å². The number of carbonyl (C=O) groups excluding carboxylic acids is 1. The summed E-state index contributed by atoms with van der Waals surface area (Å²) in [5.74, 6) is 1.47. The lowest BCUT2D eigenvalue weighted by Crippen LogP contribution is -2.35. The molecule has 0 aliphatic carbocycles. The van der Waals surface area contributed by atoms with Gasteiger partial charge in [0.25, 0.3) is 0 Å². The average Bonchev–Trinajstić information content (AvgIpc) is 2.74. The molecule has 1 aliphatic heterocycles. The summed E-state index contributed by atoms with van der Waals surface area (Å²) in [6, 6.07) is 16.1. The molecule has 1 atom stereocenters. The zero-order chi connectivity index (χ0) is 19.5. The Morgan fingerprint density at radius 2 is 1.89 bits per heavy atom. The number of aromatic nitrogens is 3. The van der Waals surface area contributed by atoms with Crippen molar-refractivity contribution >= 4 is 11.7 Å². The van der Waals surface area contributed by atoms with E-state index < -0.39 is 0 Å². The van der Waals surface area contributed by atoms with Crippen molar-refractivity contribution in [3.8, 4) is 11.5 Å². The van der Waals surface area contributed by atoms with Crippen LogP contribution in [-0.4, -0.2) is 32.3 Å². The largest absolute Gasteiger partial charge is 0.363 e. The number of hydrogen-bond donors (Lipinski definition) is 1. The maximum Gasteiger partial charge on any atom is 0.219 e. The Bertz CT molecular complexity index is 975. The average molecular weight is 373 g/mol. The smallest absolute Gasteiger partial charge is 0.219 e. The summed E-state index contributed by atoms with van der Waals surface area (Å²) >= 11 is 0. The number of pyridine rings is 1. The molecule has 2 aromatic heterocycles. The Kier molecular flexibility index (Phi) is 5.02. The van der Waals surface area contributed by atoms with Gasteiger partial charge in [0.2, 0.25) is 5.91 Å². The number of rotatable bonds is 4. The van der Waals surface area contributed by atoms with Crippen molar-refractivity contribution in [2.45, 2.75) is 32.9 Å². The molecule has 1 aliphatic rings. The summed E-state index contributed by atoms with van der Waals surface area (Å²) in [6.07, 6.45) is 2.47. The second kappa shape index (κ2) is 7.76. The molecule has 0 saturated heterocycles. The second-order valence-corrected chi connectivity index (χ2v) is 7.00. The van der Waals surface area contributed by atoms with E-state index in [1.807, 2.05) is 41.3 Å². The highest BCUT2D eigenvalue weighted by atomic mass is 16.2. The first-order valence-electron chi connectivity index (χ1n) is 9.50. The van der Waals surface area contributed by atoms with Crippen LogP contribution < -0.4 is 5.32 Å². The van der Waals surface area contributed by atoms with Gasteiger partial charge in [-0.25, -0.2) is 9.97 Å². The molecule has 0 saturated carbocycles. The molecule has 6 nitrogen and oxygen atoms in total. The van der Waals surface area contributed by atoms with Crippen molar-refractivity contribution in [3.05, 3.63) is 71.5 Å². The minimum absolute atomic E-state index is 0.0656. The zero-order valence-corrected chi connectivity index (χ0v) is 16.1. The zero-order valence-electron chi connectivity index (χ0n) is 16.1. The van der Waals surface area contributed by atoms with Gasteiger partial charge in [0.15, 0.2) is 5.82 Å². The molecule has 142 valence electrons. The van der Waals surface area contributed by atoms with Crippen LogP contribution in [-0.2, 0) is 17.8 Å². The van der Waals surface area contributed by atoms with E-state index in [2.05, 4.69) is 29.4 Å². The summed E-state index contributed by atoms with van der Waals surface area (Å²) in [7, 11) is 0. The van der Waals surface area contributed by atoms with Crippen molar-refractivity contribution in [2.24, 2.45) is 0 Å². The van der Waals surface area contributed by atoms with Crippen molar-refractivity contribution in [2.75, 3.05) is 11.9 Å². The Hall–Kier alpha value is -3.28. The Morgan fingerprint density at radius 1 is 1.11 bits per heavy atom. The van der Waals surface area contributed by atoms with E-state index in [9.17, 15) is 4.79 Å². The monoisotopic (exact) mass is 373 g/mol. The first kappa shape index (κ1) is 18.1. The van der Waals surface area contributed by atoms with Crippen LogP contribution in [0.1, 0.15) is 36.7 Å². The fourth-order valence-corrected chi connectivity index (χ4v) is 3.46. The molecule has 0 bridgehead atoms. The lowest BCUT2D eigenvalue weighted by atomic mass is 10.0. The first-order chi connectivity index (χ1) is 13.6. The molecule has 1 amide bonds. The lowest BCUT2D eigenvalue weighted by molar-refractivity contribution is -0.129. The van der Waals surface area contributed by atoms with Crippen LogP contribution in [0.2, 0.25) is 0 Å². The van der Waals surface area contributed by atoms with Crippen molar-refractivity contribution < 1.29 is 4.79 Å². The van der Waals surface area contributed by atoms with Crippen LogP contribution in [0.3, 0.4) is 0 Å². The van der Waals surface area contributed by atoms with Gasteiger partial charge < -0.3 is 10.2 Å². The van der Waals surface area contributed by atoms with Crippen molar-refractivity contribution in [1.29, 1.82) is 0 Å². The SMILES string of the molecule is CC(=O)N1CCc2c(nc(-c3ccccn3)nc2N[C@@H](C)c2ccccc2)C1. The third-order valence-corrected chi connectivity index (χ3v) is 5.06. The number of carbonyl (C=O) groups is 1. The second-order valence-electron chi connectivity index (χ2n) is 7.00. The number of amides is 1. The number of benzene rings is 1. The Balaban J connectivity index is 1.74. The predicted molar refractivity (Wildman–Crippen MR) is 109 cm³/mol. The van der Waals surface area contributed by atoms with Gasteiger partial charge in [-0.1, -0.05) is 36.4 Å². The van der Waals surface area contributed by atoms with E-state index in [1.165, 1.54) is 5.56 Å². The highest BCUT2D eigenvalue weighted by molar-refractivity contribution is 5.74. The molecule has 1 aromatic carbocycles. The topological polar surface area (TPSA) is 71.0 Å². The van der Waals surface area contributed by atoms with Crippen molar-refractivity contribution in [3.63, 3.8) is 0 Å². The number of nitrogens with one attached hydrogen (secondary N) is 1. The molecule has 6 heteroatoms. The molecular weight excluding hydrogens is 350 g/mol. The van der Waals surface area contributed by atoms with Gasteiger partial charge in [0.05, 0.1) is 12.2 Å². The van der Waals surface area contributed by atoms with Gasteiger partial charge in [0, 0.05) is 31.3 Å². The Morgan fingerprint density at radius 3 is 2.61 bits per heavy atom. The fraction of sp³-hybridized carbons (Fsp3) is 0.273. The van der Waals surface area contributed by atoms with Crippen LogP contribution in [0, 0.1) is 0 Å². The lowest BCUT2D eigenvalue weighted by Gasteiger charge is -2.29. The molecule has 3 heterocycles. The summed E-state index contributed by atoms with van der Waals surface area (Å²) in [4.78, 5) is 27.6. The minimum atomic E-state index is 0.0656. The highest BCUT2D eigenvalue weighted by Gasteiger charge is 2.25. The van der Waals surface area contributed by atoms with E-state index in [0.717, 1.165) is 29.2 Å². The maximum absolute atomic E-state index is 11.9. The summed E-state index contributed by atoms with van der Waals surface area (Å²) in [5, 5.41) is 3.56. The van der Waals surface area contributed by atoms with Crippen molar-refractivity contribution in [1.82, 2.24) is 19.9 Å². The maximum atomic E-state index is 11.9. The molecular formula is C22H23N5O. The van der Waals surface area contributed by atoms with Crippen LogP contribution >= 0.6 is 0 Å². The Labute approximate surface area is 164 Å². The van der Waals surface area contributed by atoms with Crippen LogP contribution in [0.15, 0.2) is 54.7 Å². The first-order valence-corrected chi connectivity index (χ1v) is 9.50. The van der Waals surface area contributed by atoms with E-state index in [-0.39, 0.29) is 11.9 Å². The van der Waals surface area contributed by atoms with Crippen LogP contribution in [0.25, 0.3) is 11.5 Å². The molecule has 28 heavy (non-hydrogen) atoms. The quantitative estimate of drug-likeness (QED) is 0.756. The molecule has 0 spiro atoms. The number of anilines is 1. The van der Waals surface area contributed by atoms with Gasteiger partial charge in [-0.2, -0.15) is 0 Å². The summed E-state index contributed by atoms with van der Waals surface area (Å²) < 4.78 is 0. The normalized spacial score (nSPS) is 14.3. The van der Waals surface area contributed by atoms with E-state index in [0.29, 0.717) is 18.9 Å². The molecule has 4 rings (SSSR count). The summed E-state index contributed by atoms with van der Waals surface area (Å²) in [6.45, 7) is 4.90. The summed E-state index contributed by atoms with van der Waals surface area (Å²) in [5.41, 5.74) is 3.89. The third-order valence-electron chi connectivity index (χ3n) is 5.06. The van der Waals surface area contributed by atoms with E-state index in [1.54, 1.807) is 13.1 Å². The van der Waals surface area contributed by atoms with Gasteiger partial charge in [-0.3, -0.25) is 9.78 Å². The van der Waals surface area contributed by atoms with Gasteiger partial charge in [-0.15, -0.1) is 0 Å². The number of fused-ring (bicyclic) bond motifs is 1. The molecule has 3 aromatic rings. The van der Waals surface area contributed by atoms with Gasteiger partial charge >= 0.3 is 0 Å². The predicted octanol–water partition coefficient (Wildman–Crippen LogP) is 3.62. The molecule has 1 N–H and O–H groups in total. The third kappa shape index (κ3) is 3.71. The van der Waals surface area contributed by atoms with Crippen LogP contribution in [0.4, 0.5) is 5.82 Å². The van der Waals surface area contributed by atoms with Crippen LogP contribution in [0.5, 0.6) is 0 Å². The minimum Gasteiger partial charge on any atom is -0.363 e. The highest BCUT2D eigenvalue weighted by Crippen LogP contribution is 2.29. The van der Waals surface area contributed by atoms with E-state index >= 15 is 0 Å². The van der Waals surface area contributed by atoms with Gasteiger partial charge in [-0.05, 0) is 31.0 Å². The molecule has 0 radical (unpaired) electrons. The number of nitrogens with zero attached hydrogens (tertiary/aromatic N) is 4. The van der Waals surface area contributed by atoms with E-state index in [4.69, 9.17) is 9.97 Å². The number of hydrogen-bond acceptors (Lipinski definition) is 5. The fourth-order valence-electron chi connectivity index (χ4n) is 3.46. The molecule has 0 unspecified atom stereocenters. The molecule has 0 fully saturated rings. The standard InChI is InChI=1S/C22H23N5O/c1-15(17-8-4-3-5-9-17)24-21-18-11-13-27(16(2)28)14-20(18)25-22(26-21)19-10-6-7-12-23-19/h3-10,12,15H,11,13-14H2,1-2H3,(H,24,25,26)/t15-/m0/s1.